The summed E-state index contributed by atoms with van der Waals surface area (Å²) in [6, 6.07) is 6.15. The molecule has 0 aromatic carbocycles. The van der Waals surface area contributed by atoms with Crippen molar-refractivity contribution in [3.8, 4) is 6.07 Å². The molecule has 21 heavy (non-hydrogen) atoms. The van der Waals surface area contributed by atoms with Crippen LogP contribution >= 0.6 is 0 Å². The van der Waals surface area contributed by atoms with Crippen LogP contribution in [0.3, 0.4) is 0 Å². The lowest BCUT2D eigenvalue weighted by atomic mass is 10.2. The van der Waals surface area contributed by atoms with Crippen LogP contribution in [-0.4, -0.2) is 17.5 Å². The highest BCUT2D eigenvalue weighted by atomic mass is 28.3. The van der Waals surface area contributed by atoms with Crippen molar-refractivity contribution < 1.29 is 0 Å². The minimum absolute atomic E-state index is 0.612. The highest BCUT2D eigenvalue weighted by molar-refractivity contribution is 6.82. The van der Waals surface area contributed by atoms with E-state index >= 15 is 0 Å². The van der Waals surface area contributed by atoms with Gasteiger partial charge in [0.25, 0.3) is 0 Å². The Kier molecular flexibility index (Phi) is 4.24. The molecule has 4 heteroatoms. The first-order chi connectivity index (χ1) is 9.87. The SMILES string of the molecule is CC(C)[Si](C(C)C)(C(C)C)n1ccc2c(C#N)ccnc21. The van der Waals surface area contributed by atoms with Gasteiger partial charge in [0.2, 0.25) is 0 Å². The number of hydrogen-bond donors (Lipinski definition) is 0. The third-order valence-corrected chi connectivity index (χ3v) is 11.6. The quantitative estimate of drug-likeness (QED) is 0.751. The number of pyridine rings is 1. The summed E-state index contributed by atoms with van der Waals surface area (Å²) in [5.41, 5.74) is 3.54. The number of fused-ring (bicyclic) bond motifs is 1. The second kappa shape index (κ2) is 5.65. The smallest absolute Gasteiger partial charge is 0.171 e. The van der Waals surface area contributed by atoms with Crippen LogP contribution in [-0.2, 0) is 0 Å². The van der Waals surface area contributed by atoms with Gasteiger partial charge in [0.1, 0.15) is 5.65 Å². The molecular weight excluding hydrogens is 274 g/mol. The Balaban J connectivity index is 2.82. The van der Waals surface area contributed by atoms with Gasteiger partial charge >= 0.3 is 0 Å². The molecule has 0 saturated carbocycles. The Morgan fingerprint density at radius 2 is 1.62 bits per heavy atom. The molecule has 2 aromatic rings. The zero-order valence-electron chi connectivity index (χ0n) is 13.9. The van der Waals surface area contributed by atoms with Gasteiger partial charge in [0, 0.05) is 11.6 Å². The highest BCUT2D eigenvalue weighted by Crippen LogP contribution is 2.44. The zero-order valence-corrected chi connectivity index (χ0v) is 14.9. The summed E-state index contributed by atoms with van der Waals surface area (Å²) < 4.78 is 2.45. The third kappa shape index (κ3) is 2.20. The molecule has 2 aromatic heterocycles. The van der Waals surface area contributed by atoms with Gasteiger partial charge in [-0.25, -0.2) is 4.98 Å². The molecule has 2 rings (SSSR count). The molecular formula is C17H25N3Si. The molecule has 112 valence electrons. The Morgan fingerprint density at radius 3 is 2.10 bits per heavy atom. The number of rotatable bonds is 4. The lowest BCUT2D eigenvalue weighted by Gasteiger charge is -2.44. The van der Waals surface area contributed by atoms with Crippen molar-refractivity contribution in [1.29, 1.82) is 5.26 Å². The summed E-state index contributed by atoms with van der Waals surface area (Å²) in [6.07, 6.45) is 3.93. The molecule has 3 nitrogen and oxygen atoms in total. The summed E-state index contributed by atoms with van der Waals surface area (Å²) in [5, 5.41) is 10.3. The van der Waals surface area contributed by atoms with E-state index in [1.807, 2.05) is 0 Å². The fourth-order valence-electron chi connectivity index (χ4n) is 4.28. The van der Waals surface area contributed by atoms with Crippen molar-refractivity contribution in [2.24, 2.45) is 0 Å². The molecule has 0 radical (unpaired) electrons. The topological polar surface area (TPSA) is 41.6 Å². The van der Waals surface area contributed by atoms with Gasteiger partial charge < -0.3 is 4.23 Å². The maximum absolute atomic E-state index is 9.30. The van der Waals surface area contributed by atoms with Crippen molar-refractivity contribution in [2.45, 2.75) is 58.2 Å². The van der Waals surface area contributed by atoms with Crippen LogP contribution in [0.15, 0.2) is 24.5 Å². The summed E-state index contributed by atoms with van der Waals surface area (Å²) in [7, 11) is -1.81. The van der Waals surface area contributed by atoms with Gasteiger partial charge in [0.15, 0.2) is 8.24 Å². The lowest BCUT2D eigenvalue weighted by Crippen LogP contribution is -2.51. The summed E-state index contributed by atoms with van der Waals surface area (Å²) in [5.74, 6) is 0. The fraction of sp³-hybridized carbons (Fsp3) is 0.529. The monoisotopic (exact) mass is 299 g/mol. The van der Waals surface area contributed by atoms with E-state index in [0.29, 0.717) is 16.6 Å². The second-order valence-corrected chi connectivity index (χ2v) is 12.5. The van der Waals surface area contributed by atoms with E-state index < -0.39 is 8.24 Å². The molecule has 0 amide bonds. The second-order valence-electron chi connectivity index (χ2n) is 6.74. The fourth-order valence-corrected chi connectivity index (χ4v) is 10.8. The van der Waals surface area contributed by atoms with E-state index in [4.69, 9.17) is 0 Å². The summed E-state index contributed by atoms with van der Waals surface area (Å²) in [6.45, 7) is 14.0. The normalized spacial score (nSPS) is 12.6. The lowest BCUT2D eigenvalue weighted by molar-refractivity contribution is 0.770. The van der Waals surface area contributed by atoms with Crippen LogP contribution in [0.5, 0.6) is 0 Å². The standard InChI is InChI=1S/C17H25N3Si/c1-12(2)21(13(3)4,14(5)6)20-10-8-16-15(11-18)7-9-19-17(16)20/h7-10,12-14H,1-6H3. The van der Waals surface area contributed by atoms with E-state index in [2.05, 4.69) is 69.1 Å². The molecule has 0 fully saturated rings. The van der Waals surface area contributed by atoms with Crippen molar-refractivity contribution >= 4 is 19.3 Å². The predicted octanol–water partition coefficient (Wildman–Crippen LogP) is 4.93. The summed E-state index contributed by atoms with van der Waals surface area (Å²) >= 11 is 0. The van der Waals surface area contributed by atoms with Gasteiger partial charge in [-0.3, -0.25) is 0 Å². The third-order valence-electron chi connectivity index (χ3n) is 4.90. The average molecular weight is 299 g/mol. The van der Waals surface area contributed by atoms with Crippen LogP contribution < -0.4 is 0 Å². The van der Waals surface area contributed by atoms with E-state index in [1.54, 1.807) is 12.3 Å². The maximum atomic E-state index is 9.30. The van der Waals surface area contributed by atoms with E-state index in [1.165, 1.54) is 0 Å². The first-order valence-corrected chi connectivity index (χ1v) is 9.91. The van der Waals surface area contributed by atoms with Crippen LogP contribution in [0, 0.1) is 11.3 Å². The van der Waals surface area contributed by atoms with Crippen molar-refractivity contribution in [1.82, 2.24) is 9.22 Å². The molecule has 0 saturated heterocycles. The van der Waals surface area contributed by atoms with Crippen molar-refractivity contribution in [2.75, 3.05) is 0 Å². The Morgan fingerprint density at radius 1 is 1.05 bits per heavy atom. The number of hydrogen-bond acceptors (Lipinski definition) is 2. The predicted molar refractivity (Wildman–Crippen MR) is 90.9 cm³/mol. The zero-order chi connectivity index (χ0) is 15.8. The molecule has 0 unspecified atom stereocenters. The molecule has 0 N–H and O–H groups in total. The van der Waals surface area contributed by atoms with E-state index in [-0.39, 0.29) is 0 Å². The minimum atomic E-state index is -1.81. The van der Waals surface area contributed by atoms with Crippen molar-refractivity contribution in [3.05, 3.63) is 30.1 Å². The molecule has 0 aliphatic heterocycles. The Bertz CT molecular complexity index is 655. The number of nitriles is 1. The number of aromatic nitrogens is 2. The van der Waals surface area contributed by atoms with Crippen LogP contribution in [0.2, 0.25) is 16.6 Å². The molecule has 0 aliphatic carbocycles. The van der Waals surface area contributed by atoms with Gasteiger partial charge in [-0.1, -0.05) is 41.5 Å². The first-order valence-electron chi connectivity index (χ1n) is 7.73. The van der Waals surface area contributed by atoms with Crippen LogP contribution in [0.4, 0.5) is 0 Å². The number of nitrogens with zero attached hydrogens (tertiary/aromatic N) is 3. The highest BCUT2D eigenvalue weighted by Gasteiger charge is 2.46. The average Bonchev–Trinajstić information content (AvgIpc) is 2.82. The maximum Gasteiger partial charge on any atom is 0.171 e. The molecule has 2 heterocycles. The van der Waals surface area contributed by atoms with Crippen LogP contribution in [0.1, 0.15) is 47.1 Å². The molecule has 0 aliphatic rings. The van der Waals surface area contributed by atoms with Gasteiger partial charge in [-0.15, -0.1) is 0 Å². The largest absolute Gasteiger partial charge is 0.359 e. The summed E-state index contributed by atoms with van der Waals surface area (Å²) in [4.78, 5) is 4.61. The van der Waals surface area contributed by atoms with E-state index in [9.17, 15) is 5.26 Å². The van der Waals surface area contributed by atoms with Crippen molar-refractivity contribution in [3.63, 3.8) is 0 Å². The van der Waals surface area contributed by atoms with Crippen LogP contribution in [0.25, 0.3) is 11.0 Å². The van der Waals surface area contributed by atoms with E-state index in [0.717, 1.165) is 16.6 Å². The van der Waals surface area contributed by atoms with Gasteiger partial charge in [-0.05, 0) is 35.0 Å². The van der Waals surface area contributed by atoms with Gasteiger partial charge in [0.05, 0.1) is 11.6 Å². The molecule has 0 atom stereocenters. The molecule has 0 bridgehead atoms. The first kappa shape index (κ1) is 15.8. The Hall–Kier alpha value is -1.60. The Labute approximate surface area is 128 Å². The molecule has 0 spiro atoms. The minimum Gasteiger partial charge on any atom is -0.359 e. The van der Waals surface area contributed by atoms with Gasteiger partial charge in [-0.2, -0.15) is 5.26 Å².